The van der Waals surface area contributed by atoms with E-state index in [1.54, 1.807) is 0 Å². The molecule has 0 fully saturated rings. The summed E-state index contributed by atoms with van der Waals surface area (Å²) in [5.41, 5.74) is 3.97. The highest BCUT2D eigenvalue weighted by atomic mass is 33.5. The van der Waals surface area contributed by atoms with E-state index < -0.39 is 0 Å². The molecule has 0 amide bonds. The number of hydrogen-bond acceptors (Lipinski definition) is 3. The van der Waals surface area contributed by atoms with E-state index in [-0.39, 0.29) is 4.75 Å². The molecule has 0 aromatic heterocycles. The Balaban J connectivity index is 2.06. The molecule has 26 heavy (non-hydrogen) atoms. The smallest absolute Gasteiger partial charge is 0.0825 e. The second-order valence-electron chi connectivity index (χ2n) is 6.11. The third kappa shape index (κ3) is 4.51. The first-order chi connectivity index (χ1) is 12.9. The SMILES string of the molecule is CCCCSSSC(c1ccccc1)(c1ccccc1)c1ccccc1. The van der Waals surface area contributed by atoms with Crippen molar-refractivity contribution in [2.45, 2.75) is 24.5 Å². The topological polar surface area (TPSA) is 0 Å². The van der Waals surface area contributed by atoms with Crippen molar-refractivity contribution >= 4 is 31.4 Å². The van der Waals surface area contributed by atoms with Crippen molar-refractivity contribution < 1.29 is 0 Å². The summed E-state index contributed by atoms with van der Waals surface area (Å²) in [7, 11) is 5.84. The van der Waals surface area contributed by atoms with E-state index in [2.05, 4.69) is 97.9 Å². The maximum absolute atomic E-state index is 2.25. The van der Waals surface area contributed by atoms with Crippen LogP contribution < -0.4 is 0 Å². The zero-order valence-corrected chi connectivity index (χ0v) is 17.5. The van der Waals surface area contributed by atoms with Gasteiger partial charge in [0.1, 0.15) is 4.75 Å². The monoisotopic (exact) mass is 396 g/mol. The molecular formula is C23H24S3. The average molecular weight is 397 g/mol. The minimum atomic E-state index is -0.215. The van der Waals surface area contributed by atoms with Crippen LogP contribution >= 0.6 is 31.4 Å². The van der Waals surface area contributed by atoms with Crippen molar-refractivity contribution in [3.05, 3.63) is 108 Å². The van der Waals surface area contributed by atoms with Gasteiger partial charge < -0.3 is 0 Å². The molecule has 3 aromatic carbocycles. The van der Waals surface area contributed by atoms with E-state index in [1.165, 1.54) is 35.3 Å². The normalized spacial score (nSPS) is 11.4. The Morgan fingerprint density at radius 3 is 1.46 bits per heavy atom. The molecule has 0 nitrogen and oxygen atoms in total. The van der Waals surface area contributed by atoms with Gasteiger partial charge in [0.05, 0.1) is 0 Å². The summed E-state index contributed by atoms with van der Waals surface area (Å²) < 4.78 is -0.215. The third-order valence-electron chi connectivity index (χ3n) is 4.33. The van der Waals surface area contributed by atoms with Gasteiger partial charge in [0.15, 0.2) is 0 Å². The molecule has 0 aliphatic rings. The van der Waals surface area contributed by atoms with Crippen LogP contribution in [0, 0.1) is 0 Å². The molecule has 3 aromatic rings. The summed E-state index contributed by atoms with van der Waals surface area (Å²) >= 11 is 0. The Morgan fingerprint density at radius 1 is 0.654 bits per heavy atom. The van der Waals surface area contributed by atoms with E-state index in [1.807, 2.05) is 31.4 Å². The molecule has 0 radical (unpaired) electrons. The van der Waals surface area contributed by atoms with Crippen molar-refractivity contribution in [1.29, 1.82) is 0 Å². The fourth-order valence-corrected chi connectivity index (χ4v) is 8.14. The van der Waals surface area contributed by atoms with Gasteiger partial charge in [-0.1, -0.05) is 126 Å². The molecule has 0 aliphatic heterocycles. The van der Waals surface area contributed by atoms with Gasteiger partial charge in [-0.3, -0.25) is 0 Å². The van der Waals surface area contributed by atoms with Crippen LogP contribution in [0.3, 0.4) is 0 Å². The number of benzene rings is 3. The summed E-state index contributed by atoms with van der Waals surface area (Å²) in [6, 6.07) is 32.7. The van der Waals surface area contributed by atoms with Gasteiger partial charge in [-0.2, -0.15) is 0 Å². The zero-order chi connectivity index (χ0) is 18.1. The Morgan fingerprint density at radius 2 is 1.08 bits per heavy atom. The highest BCUT2D eigenvalue weighted by Crippen LogP contribution is 2.56. The van der Waals surface area contributed by atoms with Crippen molar-refractivity contribution in [3.8, 4) is 0 Å². The lowest BCUT2D eigenvalue weighted by Gasteiger charge is -2.34. The van der Waals surface area contributed by atoms with Crippen molar-refractivity contribution in [3.63, 3.8) is 0 Å². The molecule has 134 valence electrons. The molecule has 0 atom stereocenters. The molecule has 0 unspecified atom stereocenters. The van der Waals surface area contributed by atoms with Gasteiger partial charge >= 0.3 is 0 Å². The van der Waals surface area contributed by atoms with Gasteiger partial charge in [0, 0.05) is 5.75 Å². The van der Waals surface area contributed by atoms with E-state index in [9.17, 15) is 0 Å². The first-order valence-corrected chi connectivity index (χ1v) is 12.7. The van der Waals surface area contributed by atoms with Crippen LogP contribution in [-0.4, -0.2) is 5.75 Å². The standard InChI is InChI=1S/C23H24S3/c1-2-3-19-24-26-25-23(20-13-7-4-8-14-20,21-15-9-5-10-16-21)22-17-11-6-12-18-22/h4-18H,2-3,19H2,1H3. The summed E-state index contributed by atoms with van der Waals surface area (Å²) in [6.45, 7) is 2.25. The van der Waals surface area contributed by atoms with Crippen molar-refractivity contribution in [1.82, 2.24) is 0 Å². The van der Waals surface area contributed by atoms with Gasteiger partial charge in [0.25, 0.3) is 0 Å². The predicted octanol–water partition coefficient (Wildman–Crippen LogP) is 7.81. The molecule has 0 aliphatic carbocycles. The largest absolute Gasteiger partial charge is 0.102 e. The Labute approximate surface area is 169 Å². The van der Waals surface area contributed by atoms with Gasteiger partial charge in [-0.05, 0) is 32.9 Å². The summed E-state index contributed by atoms with van der Waals surface area (Å²) in [4.78, 5) is 0. The Bertz CT molecular complexity index is 661. The lowest BCUT2D eigenvalue weighted by molar-refractivity contribution is 0.898. The first-order valence-electron chi connectivity index (χ1n) is 9.02. The van der Waals surface area contributed by atoms with Crippen LogP contribution in [0.4, 0.5) is 0 Å². The second-order valence-corrected chi connectivity index (χ2v) is 10.5. The van der Waals surface area contributed by atoms with Crippen molar-refractivity contribution in [2.24, 2.45) is 0 Å². The molecule has 3 heteroatoms. The quantitative estimate of drug-likeness (QED) is 0.206. The second kappa shape index (κ2) is 10.1. The van der Waals surface area contributed by atoms with Crippen LogP contribution in [0.25, 0.3) is 0 Å². The molecule has 0 N–H and O–H groups in total. The number of rotatable bonds is 9. The first kappa shape index (κ1) is 19.5. The number of unbranched alkanes of at least 4 members (excludes halogenated alkanes) is 1. The fourth-order valence-electron chi connectivity index (χ4n) is 2.98. The zero-order valence-electron chi connectivity index (χ0n) is 15.0. The molecule has 0 heterocycles. The van der Waals surface area contributed by atoms with E-state index in [0.717, 1.165) is 0 Å². The lowest BCUT2D eigenvalue weighted by Crippen LogP contribution is -2.24. The minimum Gasteiger partial charge on any atom is -0.0825 e. The van der Waals surface area contributed by atoms with E-state index >= 15 is 0 Å². The van der Waals surface area contributed by atoms with E-state index in [0.29, 0.717) is 0 Å². The van der Waals surface area contributed by atoms with Gasteiger partial charge in [-0.15, -0.1) is 0 Å². The molecule has 0 bridgehead atoms. The molecule has 3 rings (SSSR count). The average Bonchev–Trinajstić information content (AvgIpc) is 2.73. The molecule has 0 saturated carbocycles. The maximum Gasteiger partial charge on any atom is 0.102 e. The highest BCUT2D eigenvalue weighted by molar-refractivity contribution is 9.09. The van der Waals surface area contributed by atoms with Crippen LogP contribution in [0.5, 0.6) is 0 Å². The van der Waals surface area contributed by atoms with Crippen molar-refractivity contribution in [2.75, 3.05) is 5.75 Å². The van der Waals surface area contributed by atoms with Crippen LogP contribution in [0.2, 0.25) is 0 Å². The lowest BCUT2D eigenvalue weighted by atomic mass is 9.84. The predicted molar refractivity (Wildman–Crippen MR) is 122 cm³/mol. The van der Waals surface area contributed by atoms with Gasteiger partial charge in [0.2, 0.25) is 0 Å². The Kier molecular flexibility index (Phi) is 7.60. The van der Waals surface area contributed by atoms with E-state index in [4.69, 9.17) is 0 Å². The maximum atomic E-state index is 2.25. The summed E-state index contributed by atoms with van der Waals surface area (Å²) in [5.74, 6) is 1.20. The molecule has 0 spiro atoms. The summed E-state index contributed by atoms with van der Waals surface area (Å²) in [6.07, 6.45) is 2.52. The number of hydrogen-bond donors (Lipinski definition) is 0. The fraction of sp³-hybridized carbons (Fsp3) is 0.217. The van der Waals surface area contributed by atoms with Crippen LogP contribution in [0.1, 0.15) is 36.5 Å². The molecule has 0 saturated heterocycles. The third-order valence-corrected chi connectivity index (χ3v) is 9.13. The van der Waals surface area contributed by atoms with Gasteiger partial charge in [-0.25, -0.2) is 0 Å². The van der Waals surface area contributed by atoms with Crippen LogP contribution in [0.15, 0.2) is 91.0 Å². The van der Waals surface area contributed by atoms with Crippen LogP contribution in [-0.2, 0) is 4.75 Å². The minimum absolute atomic E-state index is 0.215. The highest BCUT2D eigenvalue weighted by Gasteiger charge is 2.37. The Hall–Kier alpha value is -1.29. The molecular weight excluding hydrogens is 372 g/mol. The summed E-state index contributed by atoms with van der Waals surface area (Å²) in [5, 5.41) is 0.